The van der Waals surface area contributed by atoms with Crippen molar-refractivity contribution in [2.75, 3.05) is 20.1 Å². The minimum absolute atomic E-state index is 0. The molecule has 2 fully saturated rings. The molecule has 1 unspecified atom stereocenters. The second-order valence-electron chi connectivity index (χ2n) is 6.84. The summed E-state index contributed by atoms with van der Waals surface area (Å²) >= 11 is 0. The van der Waals surface area contributed by atoms with Crippen molar-refractivity contribution in [3.8, 4) is 5.69 Å². The average molecular weight is 361 g/mol. The molecular weight excluding hydrogens is 336 g/mol. The van der Waals surface area contributed by atoms with E-state index in [-0.39, 0.29) is 18.3 Å². The van der Waals surface area contributed by atoms with Crippen LogP contribution in [0.15, 0.2) is 36.5 Å². The topological polar surface area (TPSA) is 50.2 Å². The molecule has 2 aliphatic rings. The molecule has 0 radical (unpaired) electrons. The molecule has 1 aromatic heterocycles. The molecule has 2 heterocycles. The highest BCUT2D eigenvalue weighted by molar-refractivity contribution is 5.95. The normalized spacial score (nSPS) is 20.2. The number of para-hydroxylation sites is 1. The molecule has 1 aliphatic heterocycles. The number of carbonyl (C=O) groups is 1. The highest BCUT2D eigenvalue weighted by Crippen LogP contribution is 2.42. The minimum atomic E-state index is 0. The molecule has 1 saturated heterocycles. The first-order valence-corrected chi connectivity index (χ1v) is 8.88. The fraction of sp³-hybridized carbons (Fsp3) is 0.474. The Morgan fingerprint density at radius 3 is 2.64 bits per heavy atom. The predicted molar refractivity (Wildman–Crippen MR) is 101 cm³/mol. The number of carbonyl (C=O) groups excluding carboxylic acids is 1. The van der Waals surface area contributed by atoms with Crippen LogP contribution in [0.4, 0.5) is 0 Å². The molecule has 0 spiro atoms. The first-order chi connectivity index (χ1) is 11.8. The Kier molecular flexibility index (Phi) is 5.45. The van der Waals surface area contributed by atoms with E-state index in [4.69, 9.17) is 0 Å². The highest BCUT2D eigenvalue weighted by Gasteiger charge is 2.35. The van der Waals surface area contributed by atoms with E-state index in [0.717, 1.165) is 55.7 Å². The summed E-state index contributed by atoms with van der Waals surface area (Å²) in [5, 5.41) is 7.86. The van der Waals surface area contributed by atoms with E-state index < -0.39 is 0 Å². The van der Waals surface area contributed by atoms with Crippen molar-refractivity contribution in [3.05, 3.63) is 47.8 Å². The lowest BCUT2D eigenvalue weighted by Gasteiger charge is -2.32. The van der Waals surface area contributed by atoms with Gasteiger partial charge in [0, 0.05) is 25.0 Å². The molecule has 2 aromatic rings. The van der Waals surface area contributed by atoms with E-state index in [1.165, 1.54) is 0 Å². The number of hydrogen-bond donors (Lipinski definition) is 1. The van der Waals surface area contributed by atoms with Crippen molar-refractivity contribution in [2.24, 2.45) is 0 Å². The number of aromatic nitrogens is 2. The van der Waals surface area contributed by atoms with E-state index in [1.54, 1.807) is 6.20 Å². The molecule has 1 aliphatic carbocycles. The maximum absolute atomic E-state index is 13.1. The summed E-state index contributed by atoms with van der Waals surface area (Å²) in [5.41, 5.74) is 2.92. The number of benzene rings is 1. The van der Waals surface area contributed by atoms with E-state index in [1.807, 2.05) is 47.0 Å². The van der Waals surface area contributed by atoms with Crippen LogP contribution >= 0.6 is 12.4 Å². The third kappa shape index (κ3) is 3.58. The maximum atomic E-state index is 13.1. The fourth-order valence-corrected chi connectivity index (χ4v) is 3.61. The van der Waals surface area contributed by atoms with Crippen LogP contribution in [0.2, 0.25) is 0 Å². The van der Waals surface area contributed by atoms with Gasteiger partial charge in [-0.1, -0.05) is 18.2 Å². The zero-order chi connectivity index (χ0) is 16.5. The Hall–Kier alpha value is -1.85. The number of rotatable bonds is 4. The average Bonchev–Trinajstić information content (AvgIpc) is 3.40. The molecule has 0 bridgehead atoms. The van der Waals surface area contributed by atoms with Gasteiger partial charge in [0.05, 0.1) is 23.1 Å². The van der Waals surface area contributed by atoms with Gasteiger partial charge < -0.3 is 10.2 Å². The van der Waals surface area contributed by atoms with Crippen molar-refractivity contribution in [3.63, 3.8) is 0 Å². The third-order valence-corrected chi connectivity index (χ3v) is 5.12. The van der Waals surface area contributed by atoms with Crippen LogP contribution in [-0.2, 0) is 0 Å². The van der Waals surface area contributed by atoms with Gasteiger partial charge >= 0.3 is 0 Å². The summed E-state index contributed by atoms with van der Waals surface area (Å²) < 4.78 is 1.96. The lowest BCUT2D eigenvalue weighted by Crippen LogP contribution is -2.47. The first-order valence-electron chi connectivity index (χ1n) is 8.88. The molecule has 6 heteroatoms. The molecule has 1 amide bonds. The van der Waals surface area contributed by atoms with E-state index in [9.17, 15) is 4.79 Å². The van der Waals surface area contributed by atoms with Crippen LogP contribution in [0, 0.1) is 0 Å². The van der Waals surface area contributed by atoms with Gasteiger partial charge in [0.2, 0.25) is 0 Å². The lowest BCUT2D eigenvalue weighted by atomic mass is 10.0. The monoisotopic (exact) mass is 360 g/mol. The Morgan fingerprint density at radius 1 is 1.20 bits per heavy atom. The van der Waals surface area contributed by atoms with Gasteiger partial charge in [-0.05, 0) is 44.9 Å². The lowest BCUT2D eigenvalue weighted by molar-refractivity contribution is 0.0697. The molecule has 25 heavy (non-hydrogen) atoms. The van der Waals surface area contributed by atoms with Gasteiger partial charge in [-0.25, -0.2) is 4.68 Å². The predicted octanol–water partition coefficient (Wildman–Crippen LogP) is 3.00. The second-order valence-corrected chi connectivity index (χ2v) is 6.84. The van der Waals surface area contributed by atoms with E-state index >= 15 is 0 Å². The summed E-state index contributed by atoms with van der Waals surface area (Å²) in [6, 6.07) is 10.5. The summed E-state index contributed by atoms with van der Waals surface area (Å²) in [7, 11) is 1.97. The second kappa shape index (κ2) is 7.58. The Bertz CT molecular complexity index is 726. The summed E-state index contributed by atoms with van der Waals surface area (Å²) in [5.74, 6) is 0.607. The molecule has 1 N–H and O–H groups in total. The number of nitrogens with one attached hydrogen (secondary N) is 1. The van der Waals surface area contributed by atoms with Gasteiger partial charge in [0.25, 0.3) is 5.91 Å². The maximum Gasteiger partial charge on any atom is 0.257 e. The molecule has 1 saturated carbocycles. The smallest absolute Gasteiger partial charge is 0.257 e. The molecule has 5 nitrogen and oxygen atoms in total. The first kappa shape index (κ1) is 18.0. The van der Waals surface area contributed by atoms with Crippen molar-refractivity contribution >= 4 is 18.3 Å². The van der Waals surface area contributed by atoms with Gasteiger partial charge in [0.1, 0.15) is 0 Å². The van der Waals surface area contributed by atoms with Crippen LogP contribution < -0.4 is 5.32 Å². The fourth-order valence-electron chi connectivity index (χ4n) is 3.61. The largest absolute Gasteiger partial charge is 0.337 e. The van der Waals surface area contributed by atoms with Crippen molar-refractivity contribution in [2.45, 2.75) is 37.6 Å². The summed E-state index contributed by atoms with van der Waals surface area (Å²) in [6.45, 7) is 1.63. The van der Waals surface area contributed by atoms with Gasteiger partial charge in [-0.2, -0.15) is 5.10 Å². The van der Waals surface area contributed by atoms with Crippen LogP contribution in [0.1, 0.15) is 47.7 Å². The molecule has 134 valence electrons. The van der Waals surface area contributed by atoms with E-state index in [2.05, 4.69) is 10.4 Å². The minimum Gasteiger partial charge on any atom is -0.337 e. The zero-order valence-electron chi connectivity index (χ0n) is 14.5. The summed E-state index contributed by atoms with van der Waals surface area (Å²) in [4.78, 5) is 15.1. The third-order valence-electron chi connectivity index (χ3n) is 5.12. The quantitative estimate of drug-likeness (QED) is 0.911. The highest BCUT2D eigenvalue weighted by atomic mass is 35.5. The molecular formula is C19H25ClN4O. The van der Waals surface area contributed by atoms with Crippen LogP contribution in [0.3, 0.4) is 0 Å². The summed E-state index contributed by atoms with van der Waals surface area (Å²) in [6.07, 6.45) is 6.27. The van der Waals surface area contributed by atoms with Gasteiger partial charge in [0.15, 0.2) is 0 Å². The number of amides is 1. The van der Waals surface area contributed by atoms with Crippen molar-refractivity contribution in [1.29, 1.82) is 0 Å². The van der Waals surface area contributed by atoms with Crippen LogP contribution in [0.5, 0.6) is 0 Å². The Labute approximate surface area is 154 Å². The van der Waals surface area contributed by atoms with Gasteiger partial charge in [-0.3, -0.25) is 4.79 Å². The molecule has 4 rings (SSSR count). The SMILES string of the molecule is CNC1CCCN(C(=O)c2cnn(-c3ccccc3)c2C2CC2)C1.Cl. The number of likely N-dealkylation sites (tertiary alicyclic amines) is 1. The van der Waals surface area contributed by atoms with Crippen molar-refractivity contribution in [1.82, 2.24) is 20.0 Å². The standard InChI is InChI=1S/C19H24N4O.ClH/c1-20-15-6-5-11-22(13-15)19(24)17-12-21-23(18(17)14-9-10-14)16-7-3-2-4-8-16;/h2-4,7-8,12,14-15,20H,5-6,9-11,13H2,1H3;1H. The number of halogens is 1. The number of hydrogen-bond acceptors (Lipinski definition) is 3. The zero-order valence-corrected chi connectivity index (χ0v) is 15.3. The number of piperidine rings is 1. The Morgan fingerprint density at radius 2 is 1.96 bits per heavy atom. The number of likely N-dealkylation sites (N-methyl/N-ethyl adjacent to an activating group) is 1. The molecule has 1 aromatic carbocycles. The van der Waals surface area contributed by atoms with Crippen LogP contribution in [0.25, 0.3) is 5.69 Å². The Balaban J connectivity index is 0.00000182. The van der Waals surface area contributed by atoms with E-state index in [0.29, 0.717) is 12.0 Å². The number of nitrogens with zero attached hydrogens (tertiary/aromatic N) is 3. The van der Waals surface area contributed by atoms with Gasteiger partial charge in [-0.15, -0.1) is 12.4 Å². The molecule has 1 atom stereocenters. The van der Waals surface area contributed by atoms with Crippen molar-refractivity contribution < 1.29 is 4.79 Å². The van der Waals surface area contributed by atoms with Crippen LogP contribution in [-0.4, -0.2) is 46.8 Å².